The molecule has 0 spiro atoms. The standard InChI is InChI=1S/C22H19N3O2S/c1-2-14-3-7-16(8-4-14)18-12-28-22-20(18)21(23-13-24-22)25-17-9-5-15(6-10-17)11-19(26)27/h3-10,12-13H,2,11H2,1H3,(H,26,27)(H,23,24,25). The number of anilines is 2. The number of nitrogens with one attached hydrogen (secondary N) is 1. The van der Waals surface area contributed by atoms with E-state index in [4.69, 9.17) is 5.11 Å². The molecule has 0 aliphatic carbocycles. The Kier molecular flexibility index (Phi) is 5.04. The number of aliphatic carboxylic acids is 1. The molecule has 2 heterocycles. The summed E-state index contributed by atoms with van der Waals surface area (Å²) in [4.78, 5) is 20.6. The van der Waals surface area contributed by atoms with Crippen molar-refractivity contribution in [2.24, 2.45) is 0 Å². The van der Waals surface area contributed by atoms with Crippen LogP contribution < -0.4 is 5.32 Å². The second-order valence-corrected chi connectivity index (χ2v) is 7.35. The molecule has 0 saturated carbocycles. The minimum absolute atomic E-state index is 0.0144. The van der Waals surface area contributed by atoms with Gasteiger partial charge in [0.15, 0.2) is 0 Å². The van der Waals surface area contributed by atoms with Gasteiger partial charge in [-0.15, -0.1) is 11.3 Å². The molecule has 5 nitrogen and oxygen atoms in total. The second kappa shape index (κ2) is 7.78. The Morgan fingerprint density at radius 2 is 1.75 bits per heavy atom. The zero-order chi connectivity index (χ0) is 19.5. The molecule has 0 saturated heterocycles. The maximum absolute atomic E-state index is 10.8. The van der Waals surface area contributed by atoms with Crippen molar-refractivity contribution < 1.29 is 9.90 Å². The third kappa shape index (κ3) is 3.73. The lowest BCUT2D eigenvalue weighted by molar-refractivity contribution is -0.136. The maximum atomic E-state index is 10.8. The molecular weight excluding hydrogens is 370 g/mol. The zero-order valence-corrected chi connectivity index (χ0v) is 16.2. The fourth-order valence-corrected chi connectivity index (χ4v) is 4.04. The van der Waals surface area contributed by atoms with Crippen LogP contribution in [0.15, 0.2) is 60.2 Å². The van der Waals surface area contributed by atoms with Crippen molar-refractivity contribution in [3.63, 3.8) is 0 Å². The molecule has 0 atom stereocenters. The van der Waals surface area contributed by atoms with Crippen LogP contribution in [0.5, 0.6) is 0 Å². The summed E-state index contributed by atoms with van der Waals surface area (Å²) in [6, 6.07) is 15.9. The molecule has 4 rings (SSSR count). The van der Waals surface area contributed by atoms with Crippen LogP contribution in [0.25, 0.3) is 21.3 Å². The van der Waals surface area contributed by atoms with Crippen LogP contribution in [0.2, 0.25) is 0 Å². The van der Waals surface area contributed by atoms with Crippen LogP contribution in [0, 0.1) is 0 Å². The number of aromatic nitrogens is 2. The molecule has 0 aliphatic rings. The average molecular weight is 389 g/mol. The van der Waals surface area contributed by atoms with E-state index in [2.05, 4.69) is 51.9 Å². The normalized spacial score (nSPS) is 10.9. The molecule has 0 bridgehead atoms. The number of aryl methyl sites for hydroxylation is 1. The average Bonchev–Trinajstić information content (AvgIpc) is 3.14. The largest absolute Gasteiger partial charge is 0.481 e. The van der Waals surface area contributed by atoms with E-state index in [1.54, 1.807) is 17.7 Å². The van der Waals surface area contributed by atoms with Crippen molar-refractivity contribution in [1.29, 1.82) is 0 Å². The van der Waals surface area contributed by atoms with Gasteiger partial charge in [0.05, 0.1) is 11.8 Å². The third-order valence-corrected chi connectivity index (χ3v) is 5.50. The van der Waals surface area contributed by atoms with E-state index in [-0.39, 0.29) is 6.42 Å². The number of carbonyl (C=O) groups is 1. The molecule has 0 aliphatic heterocycles. The van der Waals surface area contributed by atoms with Gasteiger partial charge in [-0.1, -0.05) is 43.3 Å². The van der Waals surface area contributed by atoms with Gasteiger partial charge in [0, 0.05) is 16.6 Å². The summed E-state index contributed by atoms with van der Waals surface area (Å²) in [5, 5.41) is 15.4. The van der Waals surface area contributed by atoms with Gasteiger partial charge in [-0.2, -0.15) is 0 Å². The molecule has 2 aromatic heterocycles. The van der Waals surface area contributed by atoms with E-state index >= 15 is 0 Å². The highest BCUT2D eigenvalue weighted by Crippen LogP contribution is 2.37. The van der Waals surface area contributed by atoms with Crippen LogP contribution >= 0.6 is 11.3 Å². The summed E-state index contributed by atoms with van der Waals surface area (Å²) in [5.41, 5.74) is 5.16. The summed E-state index contributed by atoms with van der Waals surface area (Å²) < 4.78 is 0. The third-order valence-electron chi connectivity index (χ3n) is 4.62. The quantitative estimate of drug-likeness (QED) is 0.468. The Bertz CT molecular complexity index is 1120. The van der Waals surface area contributed by atoms with Crippen LogP contribution in [-0.4, -0.2) is 21.0 Å². The minimum Gasteiger partial charge on any atom is -0.481 e. The van der Waals surface area contributed by atoms with Crippen LogP contribution in [-0.2, 0) is 17.6 Å². The molecule has 0 radical (unpaired) electrons. The Balaban J connectivity index is 1.69. The van der Waals surface area contributed by atoms with E-state index in [1.165, 1.54) is 5.56 Å². The smallest absolute Gasteiger partial charge is 0.307 e. The van der Waals surface area contributed by atoms with Crippen molar-refractivity contribution in [3.8, 4) is 11.1 Å². The Morgan fingerprint density at radius 3 is 2.43 bits per heavy atom. The molecule has 28 heavy (non-hydrogen) atoms. The maximum Gasteiger partial charge on any atom is 0.307 e. The Hall–Kier alpha value is -3.25. The number of hydrogen-bond donors (Lipinski definition) is 2. The predicted octanol–water partition coefficient (Wildman–Crippen LogP) is 5.29. The van der Waals surface area contributed by atoms with Crippen LogP contribution in [0.1, 0.15) is 18.1 Å². The number of carboxylic acids is 1. The van der Waals surface area contributed by atoms with E-state index < -0.39 is 5.97 Å². The summed E-state index contributed by atoms with van der Waals surface area (Å²) in [6.45, 7) is 2.15. The molecule has 2 N–H and O–H groups in total. The summed E-state index contributed by atoms with van der Waals surface area (Å²) in [5.74, 6) is -0.0953. The van der Waals surface area contributed by atoms with Crippen molar-refractivity contribution in [3.05, 3.63) is 71.4 Å². The highest BCUT2D eigenvalue weighted by atomic mass is 32.1. The lowest BCUT2D eigenvalue weighted by Gasteiger charge is -2.09. The SMILES string of the molecule is CCc1ccc(-c2csc3ncnc(Nc4ccc(CC(=O)O)cc4)c23)cc1. The first kappa shape index (κ1) is 18.1. The van der Waals surface area contributed by atoms with Crippen molar-refractivity contribution >= 4 is 39.0 Å². The first-order valence-electron chi connectivity index (χ1n) is 9.03. The highest BCUT2D eigenvalue weighted by molar-refractivity contribution is 7.17. The Labute approximate surface area is 166 Å². The monoisotopic (exact) mass is 389 g/mol. The van der Waals surface area contributed by atoms with E-state index in [0.717, 1.165) is 44.8 Å². The van der Waals surface area contributed by atoms with Crippen LogP contribution in [0.3, 0.4) is 0 Å². The number of rotatable bonds is 6. The van der Waals surface area contributed by atoms with Gasteiger partial charge in [0.2, 0.25) is 0 Å². The number of fused-ring (bicyclic) bond motifs is 1. The van der Waals surface area contributed by atoms with Gasteiger partial charge in [0.25, 0.3) is 0 Å². The zero-order valence-electron chi connectivity index (χ0n) is 15.3. The van der Waals surface area contributed by atoms with E-state index in [0.29, 0.717) is 0 Å². The van der Waals surface area contributed by atoms with E-state index in [9.17, 15) is 4.79 Å². The topological polar surface area (TPSA) is 75.1 Å². The van der Waals surface area contributed by atoms with Crippen molar-refractivity contribution in [1.82, 2.24) is 9.97 Å². The minimum atomic E-state index is -0.838. The highest BCUT2D eigenvalue weighted by Gasteiger charge is 2.13. The molecule has 0 unspecified atom stereocenters. The molecular formula is C22H19N3O2S. The van der Waals surface area contributed by atoms with Gasteiger partial charge in [0.1, 0.15) is 17.0 Å². The molecule has 2 aromatic carbocycles. The fourth-order valence-electron chi connectivity index (χ4n) is 3.12. The fraction of sp³-hybridized carbons (Fsp3) is 0.136. The number of thiophene rings is 1. The van der Waals surface area contributed by atoms with Crippen molar-refractivity contribution in [2.75, 3.05) is 5.32 Å². The number of hydrogen-bond acceptors (Lipinski definition) is 5. The van der Waals surface area contributed by atoms with E-state index in [1.807, 2.05) is 24.3 Å². The summed E-state index contributed by atoms with van der Waals surface area (Å²) >= 11 is 1.60. The van der Waals surface area contributed by atoms with Crippen LogP contribution in [0.4, 0.5) is 11.5 Å². The van der Waals surface area contributed by atoms with Crippen molar-refractivity contribution in [2.45, 2.75) is 19.8 Å². The molecule has 6 heteroatoms. The molecule has 0 amide bonds. The van der Waals surface area contributed by atoms with Gasteiger partial charge in [-0.3, -0.25) is 4.79 Å². The number of nitrogens with zero attached hydrogens (tertiary/aromatic N) is 2. The lowest BCUT2D eigenvalue weighted by atomic mass is 10.0. The summed E-state index contributed by atoms with van der Waals surface area (Å²) in [7, 11) is 0. The Morgan fingerprint density at radius 1 is 1.04 bits per heavy atom. The molecule has 0 fully saturated rings. The number of carboxylic acid groups (broad SMARTS) is 1. The predicted molar refractivity (Wildman–Crippen MR) is 113 cm³/mol. The first-order chi connectivity index (χ1) is 13.6. The first-order valence-corrected chi connectivity index (χ1v) is 9.91. The van der Waals surface area contributed by atoms with Gasteiger partial charge >= 0.3 is 5.97 Å². The van der Waals surface area contributed by atoms with Gasteiger partial charge < -0.3 is 10.4 Å². The second-order valence-electron chi connectivity index (χ2n) is 6.49. The number of benzene rings is 2. The molecule has 4 aromatic rings. The summed E-state index contributed by atoms with van der Waals surface area (Å²) in [6.07, 6.45) is 2.59. The lowest BCUT2D eigenvalue weighted by Crippen LogP contribution is -2.00. The van der Waals surface area contributed by atoms with Gasteiger partial charge in [-0.25, -0.2) is 9.97 Å². The molecule has 140 valence electrons. The van der Waals surface area contributed by atoms with Gasteiger partial charge in [-0.05, 0) is 35.2 Å².